The van der Waals surface area contributed by atoms with Crippen molar-refractivity contribution in [1.82, 2.24) is 24.5 Å². The molecule has 3 aromatic rings. The monoisotopic (exact) mass is 410 g/mol. The molecule has 0 fully saturated rings. The van der Waals surface area contributed by atoms with E-state index in [0.717, 1.165) is 11.3 Å². The predicted octanol–water partition coefficient (Wildman–Crippen LogP) is 2.07. The van der Waals surface area contributed by atoms with Crippen LogP contribution in [0.25, 0.3) is 0 Å². The second kappa shape index (κ2) is 10.2. The van der Waals surface area contributed by atoms with Crippen LogP contribution in [0, 0.1) is 0 Å². The zero-order valence-corrected chi connectivity index (χ0v) is 17.2. The fourth-order valence-corrected chi connectivity index (χ4v) is 2.91. The lowest BCUT2D eigenvalue weighted by Gasteiger charge is -2.20. The van der Waals surface area contributed by atoms with Crippen LogP contribution in [-0.2, 0) is 29.7 Å². The topological polar surface area (TPSA) is 94.3 Å². The highest BCUT2D eigenvalue weighted by atomic mass is 16.5. The van der Waals surface area contributed by atoms with Gasteiger partial charge in [0.25, 0.3) is 0 Å². The van der Waals surface area contributed by atoms with Crippen LogP contribution in [0.3, 0.4) is 0 Å². The summed E-state index contributed by atoms with van der Waals surface area (Å²) in [6.07, 6.45) is 7.03. The van der Waals surface area contributed by atoms with E-state index in [1.807, 2.05) is 50.5 Å². The number of aryl methyl sites for hydroxylation is 1. The number of hydrogen-bond donors (Lipinski definition) is 1. The van der Waals surface area contributed by atoms with Crippen molar-refractivity contribution in [2.75, 3.05) is 18.5 Å². The van der Waals surface area contributed by atoms with E-state index in [4.69, 9.17) is 4.74 Å². The number of aromatic nitrogens is 4. The minimum atomic E-state index is -0.177. The fraction of sp³-hybridized carbons (Fsp3) is 0.333. The number of carbonyl (C=O) groups excluding carboxylic acids is 2. The van der Waals surface area contributed by atoms with Gasteiger partial charge in [0.1, 0.15) is 12.3 Å². The highest BCUT2D eigenvalue weighted by molar-refractivity contribution is 5.90. The van der Waals surface area contributed by atoms with E-state index in [-0.39, 0.29) is 31.4 Å². The smallest absolute Gasteiger partial charge is 0.244 e. The van der Waals surface area contributed by atoms with Gasteiger partial charge in [-0.05, 0) is 19.1 Å². The number of amides is 2. The van der Waals surface area contributed by atoms with Crippen LogP contribution in [0.1, 0.15) is 18.9 Å². The Bertz CT molecular complexity index is 966. The quantitative estimate of drug-likeness (QED) is 0.552. The van der Waals surface area contributed by atoms with Gasteiger partial charge >= 0.3 is 0 Å². The summed E-state index contributed by atoms with van der Waals surface area (Å²) in [5, 5.41) is 11.1. The molecule has 2 amide bonds. The first-order valence-corrected chi connectivity index (χ1v) is 9.79. The number of nitrogens with one attached hydrogen (secondary N) is 1. The lowest BCUT2D eigenvalue weighted by molar-refractivity contribution is -0.132. The number of para-hydroxylation sites is 1. The molecule has 0 unspecified atom stereocenters. The van der Waals surface area contributed by atoms with Gasteiger partial charge in [-0.3, -0.25) is 19.0 Å². The molecule has 1 N–H and O–H groups in total. The number of anilines is 1. The molecule has 0 saturated heterocycles. The van der Waals surface area contributed by atoms with Crippen molar-refractivity contribution in [1.29, 1.82) is 0 Å². The molecule has 0 aliphatic carbocycles. The molecule has 1 aromatic carbocycles. The van der Waals surface area contributed by atoms with E-state index in [1.54, 1.807) is 22.0 Å². The molecule has 0 radical (unpaired) electrons. The van der Waals surface area contributed by atoms with E-state index in [0.29, 0.717) is 18.8 Å². The van der Waals surface area contributed by atoms with E-state index in [1.165, 1.54) is 10.9 Å². The summed E-state index contributed by atoms with van der Waals surface area (Å²) < 4.78 is 8.75. The van der Waals surface area contributed by atoms with Crippen LogP contribution in [0.4, 0.5) is 5.69 Å². The standard InChI is InChI=1S/C21H26N6O3/c1-3-26(14-17-11-22-25(2)13-17)21(29)16-27-15-18(12-23-27)24-20(28)9-10-30-19-7-5-4-6-8-19/h4-8,11-13,15H,3,9-10,14,16H2,1-2H3,(H,24,28). The maximum Gasteiger partial charge on any atom is 0.244 e. The minimum absolute atomic E-state index is 0.0569. The molecule has 3 rings (SSSR count). The van der Waals surface area contributed by atoms with Crippen molar-refractivity contribution in [3.63, 3.8) is 0 Å². The summed E-state index contributed by atoms with van der Waals surface area (Å²) >= 11 is 0. The van der Waals surface area contributed by atoms with Gasteiger partial charge in [-0.2, -0.15) is 10.2 Å². The summed E-state index contributed by atoms with van der Waals surface area (Å²) in [6, 6.07) is 9.34. The first-order chi connectivity index (χ1) is 14.5. The number of benzene rings is 1. The van der Waals surface area contributed by atoms with Crippen molar-refractivity contribution >= 4 is 17.5 Å². The summed E-state index contributed by atoms with van der Waals surface area (Å²) in [7, 11) is 1.84. The molecule has 0 aliphatic heterocycles. The fourth-order valence-electron chi connectivity index (χ4n) is 2.91. The number of rotatable bonds is 10. The summed E-state index contributed by atoms with van der Waals surface area (Å²) in [6.45, 7) is 3.39. The lowest BCUT2D eigenvalue weighted by Crippen LogP contribution is -2.33. The Labute approximate surface area is 175 Å². The highest BCUT2D eigenvalue weighted by Gasteiger charge is 2.15. The highest BCUT2D eigenvalue weighted by Crippen LogP contribution is 2.10. The molecule has 30 heavy (non-hydrogen) atoms. The molecule has 2 heterocycles. The van der Waals surface area contributed by atoms with Crippen molar-refractivity contribution in [2.24, 2.45) is 7.05 Å². The Hall–Kier alpha value is -3.62. The Morgan fingerprint density at radius 3 is 2.63 bits per heavy atom. The van der Waals surface area contributed by atoms with Crippen LogP contribution in [-0.4, -0.2) is 49.4 Å². The second-order valence-electron chi connectivity index (χ2n) is 6.82. The lowest BCUT2D eigenvalue weighted by atomic mass is 10.3. The molecule has 9 nitrogen and oxygen atoms in total. The van der Waals surface area contributed by atoms with Gasteiger partial charge in [0.15, 0.2) is 0 Å². The molecular weight excluding hydrogens is 384 g/mol. The molecule has 2 aromatic heterocycles. The number of hydrogen-bond acceptors (Lipinski definition) is 5. The maximum atomic E-state index is 12.6. The molecule has 0 saturated carbocycles. The van der Waals surface area contributed by atoms with Crippen molar-refractivity contribution < 1.29 is 14.3 Å². The molecule has 9 heteroatoms. The van der Waals surface area contributed by atoms with Crippen LogP contribution in [0.15, 0.2) is 55.1 Å². The zero-order chi connectivity index (χ0) is 21.3. The Kier molecular flexibility index (Phi) is 7.20. The number of likely N-dealkylation sites (N-methyl/N-ethyl adjacent to an activating group) is 1. The molecule has 0 aliphatic rings. The third-order valence-electron chi connectivity index (χ3n) is 4.42. The average Bonchev–Trinajstić information content (AvgIpc) is 3.35. The number of nitrogens with zero attached hydrogens (tertiary/aromatic N) is 5. The van der Waals surface area contributed by atoms with Gasteiger partial charge in [-0.15, -0.1) is 0 Å². The van der Waals surface area contributed by atoms with Gasteiger partial charge in [0.2, 0.25) is 11.8 Å². The van der Waals surface area contributed by atoms with Crippen LogP contribution >= 0.6 is 0 Å². The zero-order valence-electron chi connectivity index (χ0n) is 17.2. The Morgan fingerprint density at radius 2 is 1.93 bits per heavy atom. The van der Waals surface area contributed by atoms with Gasteiger partial charge in [-0.25, -0.2) is 0 Å². The summed E-state index contributed by atoms with van der Waals surface area (Å²) in [5.41, 5.74) is 1.52. The van der Waals surface area contributed by atoms with Crippen molar-refractivity contribution in [3.8, 4) is 5.75 Å². The van der Waals surface area contributed by atoms with E-state index >= 15 is 0 Å². The number of ether oxygens (including phenoxy) is 1. The molecule has 0 bridgehead atoms. The molecule has 158 valence electrons. The first-order valence-electron chi connectivity index (χ1n) is 9.79. The van der Waals surface area contributed by atoms with Gasteiger partial charge in [-0.1, -0.05) is 18.2 Å². The minimum Gasteiger partial charge on any atom is -0.493 e. The van der Waals surface area contributed by atoms with Gasteiger partial charge in [0, 0.05) is 38.1 Å². The van der Waals surface area contributed by atoms with E-state index < -0.39 is 0 Å². The maximum absolute atomic E-state index is 12.6. The largest absolute Gasteiger partial charge is 0.493 e. The van der Waals surface area contributed by atoms with Crippen LogP contribution < -0.4 is 10.1 Å². The third-order valence-corrected chi connectivity index (χ3v) is 4.42. The predicted molar refractivity (Wildman–Crippen MR) is 112 cm³/mol. The van der Waals surface area contributed by atoms with Crippen LogP contribution in [0.2, 0.25) is 0 Å². The van der Waals surface area contributed by atoms with E-state index in [9.17, 15) is 9.59 Å². The average molecular weight is 410 g/mol. The first kappa shape index (κ1) is 21.1. The molecule has 0 atom stereocenters. The summed E-state index contributed by atoms with van der Waals surface area (Å²) in [5.74, 6) is 0.491. The summed E-state index contributed by atoms with van der Waals surface area (Å²) in [4.78, 5) is 26.4. The number of carbonyl (C=O) groups is 2. The SMILES string of the molecule is CCN(Cc1cnn(C)c1)C(=O)Cn1cc(NC(=O)CCOc2ccccc2)cn1. The third kappa shape index (κ3) is 6.20. The molecular formula is C21H26N6O3. The van der Waals surface area contributed by atoms with E-state index in [2.05, 4.69) is 15.5 Å². The van der Waals surface area contributed by atoms with Crippen molar-refractivity contribution in [3.05, 3.63) is 60.7 Å². The Morgan fingerprint density at radius 1 is 1.13 bits per heavy atom. The van der Waals surface area contributed by atoms with Gasteiger partial charge in [0.05, 0.1) is 31.1 Å². The van der Waals surface area contributed by atoms with Gasteiger partial charge < -0.3 is 15.0 Å². The van der Waals surface area contributed by atoms with Crippen LogP contribution in [0.5, 0.6) is 5.75 Å². The molecule has 0 spiro atoms. The van der Waals surface area contributed by atoms with Crippen molar-refractivity contribution in [2.45, 2.75) is 26.4 Å². The Balaban J connectivity index is 1.45. The second-order valence-corrected chi connectivity index (χ2v) is 6.82. The normalized spacial score (nSPS) is 10.6.